The fourth-order valence-electron chi connectivity index (χ4n) is 2.08. The molecule has 3 aromatic rings. The van der Waals surface area contributed by atoms with Crippen LogP contribution in [0.1, 0.15) is 11.3 Å². The van der Waals surface area contributed by atoms with Crippen LogP contribution in [-0.2, 0) is 13.6 Å². The van der Waals surface area contributed by atoms with Crippen LogP contribution in [0.25, 0.3) is 0 Å². The molecule has 0 radical (unpaired) electrons. The molecule has 3 rings (SSSR count). The van der Waals surface area contributed by atoms with Crippen molar-refractivity contribution in [2.45, 2.75) is 13.5 Å². The summed E-state index contributed by atoms with van der Waals surface area (Å²) in [5.41, 5.74) is 4.37. The lowest BCUT2D eigenvalue weighted by Crippen LogP contribution is -3.00. The van der Waals surface area contributed by atoms with Gasteiger partial charge in [0.2, 0.25) is 0 Å². The Labute approximate surface area is 156 Å². The van der Waals surface area contributed by atoms with Gasteiger partial charge in [0.25, 0.3) is 0 Å². The number of thiazole rings is 1. The molecule has 0 atom stereocenters. The van der Waals surface area contributed by atoms with Crippen LogP contribution in [0.3, 0.4) is 0 Å². The quantitative estimate of drug-likeness (QED) is 0.517. The van der Waals surface area contributed by atoms with E-state index in [0.29, 0.717) is 0 Å². The predicted molar refractivity (Wildman–Crippen MR) is 96.8 cm³/mol. The summed E-state index contributed by atoms with van der Waals surface area (Å²) >= 11 is 1.59. The third kappa shape index (κ3) is 4.72. The van der Waals surface area contributed by atoms with Gasteiger partial charge in [0, 0.05) is 37.5 Å². The molecule has 0 bridgehead atoms. The van der Waals surface area contributed by atoms with Crippen molar-refractivity contribution >= 4 is 27.8 Å². The Balaban J connectivity index is 0.00000208. The first-order valence-corrected chi connectivity index (χ1v) is 8.34. The van der Waals surface area contributed by atoms with E-state index in [4.69, 9.17) is 0 Å². The fraction of sp³-hybridized carbons (Fsp3) is 0.167. The second-order valence-electron chi connectivity index (χ2n) is 5.30. The molecule has 0 unspecified atom stereocenters. The first kappa shape index (κ1) is 18.3. The zero-order valence-corrected chi connectivity index (χ0v) is 16.0. The standard InChI is InChI=1S/C18H19N4S.BrH/c1-14-13-23-18(22(14)2)21-20-17-10-8-16(9-11-17)19-12-15-6-4-3-5-7-15;/h3-11,13,19H,12H2,1-2H3;1H/q+1;/p-1. The van der Waals surface area contributed by atoms with Crippen LogP contribution in [0.2, 0.25) is 0 Å². The molecule has 24 heavy (non-hydrogen) atoms. The Bertz CT molecular complexity index is 798. The van der Waals surface area contributed by atoms with Gasteiger partial charge in [-0.15, -0.1) is 5.11 Å². The van der Waals surface area contributed by atoms with Crippen LogP contribution in [0.4, 0.5) is 16.5 Å². The SMILES string of the molecule is Cc1cs[c+](N=Nc2ccc(NCc3ccccc3)cc2)n1C.[Br-]. The van der Waals surface area contributed by atoms with Gasteiger partial charge in [0.1, 0.15) is 0 Å². The van der Waals surface area contributed by atoms with E-state index >= 15 is 0 Å². The zero-order valence-electron chi connectivity index (χ0n) is 13.6. The first-order valence-electron chi connectivity index (χ1n) is 7.46. The lowest BCUT2D eigenvalue weighted by Gasteiger charge is -2.06. The second-order valence-corrected chi connectivity index (χ2v) is 6.14. The molecule has 0 spiro atoms. The van der Waals surface area contributed by atoms with Crippen molar-refractivity contribution in [3.8, 4) is 0 Å². The highest BCUT2D eigenvalue weighted by molar-refractivity contribution is 7.13. The number of aryl methyl sites for hydroxylation is 1. The molecule has 0 aliphatic heterocycles. The van der Waals surface area contributed by atoms with Gasteiger partial charge in [-0.1, -0.05) is 35.4 Å². The van der Waals surface area contributed by atoms with E-state index in [0.717, 1.165) is 23.1 Å². The topological polar surface area (TPSA) is 41.7 Å². The Morgan fingerprint density at radius 1 is 1.08 bits per heavy atom. The fourth-order valence-corrected chi connectivity index (χ4v) is 2.91. The average Bonchev–Trinajstić information content (AvgIpc) is 2.92. The second kappa shape index (κ2) is 8.70. The normalized spacial score (nSPS) is 10.6. The molecule has 0 saturated carbocycles. The average molecular weight is 403 g/mol. The van der Waals surface area contributed by atoms with Crippen LogP contribution >= 0.6 is 11.3 Å². The summed E-state index contributed by atoms with van der Waals surface area (Å²) in [5.74, 6) is 0. The number of halogens is 1. The summed E-state index contributed by atoms with van der Waals surface area (Å²) in [7, 11) is 2.00. The van der Waals surface area contributed by atoms with Crippen molar-refractivity contribution in [1.29, 1.82) is 0 Å². The Morgan fingerprint density at radius 2 is 1.79 bits per heavy atom. The molecule has 0 amide bonds. The van der Waals surface area contributed by atoms with Gasteiger partial charge in [-0.05, 0) is 29.8 Å². The minimum absolute atomic E-state index is 0. The third-order valence-corrected chi connectivity index (χ3v) is 4.63. The molecule has 0 aliphatic rings. The van der Waals surface area contributed by atoms with Crippen LogP contribution in [0.5, 0.6) is 0 Å². The molecule has 4 nitrogen and oxygen atoms in total. The number of rotatable bonds is 5. The van der Waals surface area contributed by atoms with Gasteiger partial charge in [-0.3, -0.25) is 0 Å². The van der Waals surface area contributed by atoms with Crippen molar-refractivity contribution in [2.75, 3.05) is 5.32 Å². The Kier molecular flexibility index (Phi) is 6.63. The van der Waals surface area contributed by atoms with E-state index in [2.05, 4.69) is 40.0 Å². The summed E-state index contributed by atoms with van der Waals surface area (Å²) in [6, 6.07) is 18.3. The summed E-state index contributed by atoms with van der Waals surface area (Å²) < 4.78 is 2.03. The number of nitrogens with zero attached hydrogens (tertiary/aromatic N) is 3. The largest absolute Gasteiger partial charge is 1.00 e. The van der Waals surface area contributed by atoms with Crippen molar-refractivity contribution in [3.05, 3.63) is 71.2 Å². The van der Waals surface area contributed by atoms with Crippen LogP contribution < -0.4 is 22.3 Å². The lowest BCUT2D eigenvalue weighted by molar-refractivity contribution is -0.00000473. The van der Waals surface area contributed by atoms with E-state index in [1.807, 2.05) is 54.1 Å². The number of anilines is 1. The molecule has 0 saturated heterocycles. The molecular weight excluding hydrogens is 384 g/mol. The number of azo groups is 1. The van der Waals surface area contributed by atoms with E-state index in [1.165, 1.54) is 11.3 Å². The van der Waals surface area contributed by atoms with Crippen LogP contribution in [0.15, 0.2) is 70.2 Å². The summed E-state index contributed by atoms with van der Waals surface area (Å²) in [6.45, 7) is 2.87. The number of hydrogen-bond acceptors (Lipinski definition) is 4. The summed E-state index contributed by atoms with van der Waals surface area (Å²) in [5, 5.41) is 15.0. The highest BCUT2D eigenvalue weighted by Crippen LogP contribution is 2.25. The number of hydrogen-bond donors (Lipinski definition) is 1. The highest BCUT2D eigenvalue weighted by Gasteiger charge is 2.10. The van der Waals surface area contributed by atoms with Crippen LogP contribution in [0, 0.1) is 6.92 Å². The summed E-state index contributed by atoms with van der Waals surface area (Å²) in [6.07, 6.45) is 0. The maximum atomic E-state index is 4.31. The maximum Gasteiger partial charge on any atom is 0.317 e. The predicted octanol–water partition coefficient (Wildman–Crippen LogP) is 2.71. The molecule has 2 aromatic carbocycles. The van der Waals surface area contributed by atoms with Gasteiger partial charge < -0.3 is 22.3 Å². The molecule has 124 valence electrons. The van der Waals surface area contributed by atoms with Crippen molar-refractivity contribution in [1.82, 2.24) is 4.57 Å². The van der Waals surface area contributed by atoms with Gasteiger partial charge in [-0.2, -0.15) is 0 Å². The minimum atomic E-state index is 0. The lowest BCUT2D eigenvalue weighted by atomic mass is 10.2. The Morgan fingerprint density at radius 3 is 2.42 bits per heavy atom. The minimum Gasteiger partial charge on any atom is -1.00 e. The monoisotopic (exact) mass is 402 g/mol. The van der Waals surface area contributed by atoms with Crippen molar-refractivity contribution in [3.63, 3.8) is 0 Å². The smallest absolute Gasteiger partial charge is 0.317 e. The van der Waals surface area contributed by atoms with Crippen LogP contribution in [-0.4, -0.2) is 4.57 Å². The molecule has 1 aromatic heterocycles. The van der Waals surface area contributed by atoms with E-state index < -0.39 is 0 Å². The van der Waals surface area contributed by atoms with Crippen molar-refractivity contribution < 1.29 is 17.0 Å². The molecule has 1 heterocycles. The molecule has 1 N–H and O–H groups in total. The van der Waals surface area contributed by atoms with Gasteiger partial charge >= 0.3 is 5.13 Å². The van der Waals surface area contributed by atoms with Gasteiger partial charge in [0.15, 0.2) is 11.1 Å². The summed E-state index contributed by atoms with van der Waals surface area (Å²) in [4.78, 5) is 0. The maximum absolute atomic E-state index is 4.31. The molecular formula is C18H19BrN4S. The number of benzene rings is 2. The number of aromatic nitrogens is 1. The Hall–Kier alpha value is -2.05. The van der Waals surface area contributed by atoms with Gasteiger partial charge in [0.05, 0.1) is 5.69 Å². The van der Waals surface area contributed by atoms with E-state index in [-0.39, 0.29) is 17.0 Å². The highest BCUT2D eigenvalue weighted by atomic mass is 79.9. The zero-order chi connectivity index (χ0) is 16.1. The van der Waals surface area contributed by atoms with E-state index in [1.54, 1.807) is 11.3 Å². The molecule has 0 fully saturated rings. The number of nitrogens with one attached hydrogen (secondary N) is 1. The van der Waals surface area contributed by atoms with Crippen molar-refractivity contribution in [2.24, 2.45) is 17.3 Å². The van der Waals surface area contributed by atoms with Gasteiger partial charge in [-0.25, -0.2) is 4.57 Å². The van der Waals surface area contributed by atoms with E-state index in [9.17, 15) is 0 Å². The molecule has 0 aliphatic carbocycles. The third-order valence-electron chi connectivity index (χ3n) is 3.61. The first-order chi connectivity index (χ1) is 11.2. The molecule has 6 heteroatoms.